The zero-order valence-corrected chi connectivity index (χ0v) is 15.5. The van der Waals surface area contributed by atoms with Crippen LogP contribution in [0, 0.1) is 6.92 Å². The Kier molecular flexibility index (Phi) is 4.47. The summed E-state index contributed by atoms with van der Waals surface area (Å²) in [5, 5.41) is 2.71. The van der Waals surface area contributed by atoms with E-state index in [0.29, 0.717) is 11.1 Å². The Morgan fingerprint density at radius 3 is 2.40 bits per heavy atom. The Balaban J connectivity index is 1.85. The van der Waals surface area contributed by atoms with Gasteiger partial charge in [-0.15, -0.1) is 0 Å². The molecule has 1 N–H and O–H groups in total. The van der Waals surface area contributed by atoms with Crippen molar-refractivity contribution in [3.8, 4) is 0 Å². The normalized spacial score (nSPS) is 19.9. The molecule has 1 aliphatic heterocycles. The van der Waals surface area contributed by atoms with Crippen LogP contribution in [0.5, 0.6) is 0 Å². The lowest BCUT2D eigenvalue weighted by atomic mass is 9.92. The molecule has 1 atom stereocenters. The molecule has 1 saturated heterocycles. The summed E-state index contributed by atoms with van der Waals surface area (Å²) >= 11 is 3.41. The first-order chi connectivity index (χ1) is 11.8. The second kappa shape index (κ2) is 6.44. The van der Waals surface area contributed by atoms with E-state index >= 15 is 0 Å². The van der Waals surface area contributed by atoms with Gasteiger partial charge in [-0.3, -0.25) is 14.5 Å². The van der Waals surface area contributed by atoms with Crippen molar-refractivity contribution in [3.63, 3.8) is 0 Å². The maximum atomic E-state index is 12.9. The lowest BCUT2D eigenvalue weighted by Gasteiger charge is -2.23. The average Bonchev–Trinajstić information content (AvgIpc) is 2.80. The van der Waals surface area contributed by atoms with E-state index in [4.69, 9.17) is 0 Å². The number of nitrogens with one attached hydrogen (secondary N) is 1. The molecule has 0 aromatic heterocycles. The summed E-state index contributed by atoms with van der Waals surface area (Å²) in [6.45, 7) is 3.28. The number of amides is 3. The van der Waals surface area contributed by atoms with E-state index in [1.807, 2.05) is 25.1 Å². The molecular weight excluding hydrogens is 384 g/mol. The molecule has 5 nitrogen and oxygen atoms in total. The SMILES string of the molecule is Cc1ccc(C(=O)CN2C(=O)N[C@@](C)(c3ccccc3Br)C2=O)cc1. The van der Waals surface area contributed by atoms with E-state index in [0.717, 1.165) is 14.9 Å². The molecule has 0 aliphatic carbocycles. The third-order valence-corrected chi connectivity index (χ3v) is 5.05. The van der Waals surface area contributed by atoms with Gasteiger partial charge in [0.1, 0.15) is 5.54 Å². The average molecular weight is 401 g/mol. The van der Waals surface area contributed by atoms with E-state index in [1.54, 1.807) is 37.3 Å². The molecule has 2 aromatic carbocycles. The number of benzene rings is 2. The van der Waals surface area contributed by atoms with Crippen LogP contribution in [-0.2, 0) is 10.3 Å². The maximum Gasteiger partial charge on any atom is 0.325 e. The largest absolute Gasteiger partial charge is 0.325 e. The molecule has 0 saturated carbocycles. The molecule has 1 aliphatic rings. The van der Waals surface area contributed by atoms with Crippen LogP contribution in [0.2, 0.25) is 0 Å². The summed E-state index contributed by atoms with van der Waals surface area (Å²) in [6, 6.07) is 13.7. The Bertz CT molecular complexity index is 863. The van der Waals surface area contributed by atoms with E-state index in [1.165, 1.54) is 0 Å². The van der Waals surface area contributed by atoms with Crippen molar-refractivity contribution in [2.75, 3.05) is 6.54 Å². The number of halogens is 1. The van der Waals surface area contributed by atoms with E-state index < -0.39 is 17.5 Å². The van der Waals surface area contributed by atoms with Crippen molar-refractivity contribution in [2.45, 2.75) is 19.4 Å². The highest BCUT2D eigenvalue weighted by atomic mass is 79.9. The van der Waals surface area contributed by atoms with Gasteiger partial charge in [0.15, 0.2) is 5.78 Å². The van der Waals surface area contributed by atoms with Crippen molar-refractivity contribution >= 4 is 33.7 Å². The minimum atomic E-state index is -1.20. The lowest BCUT2D eigenvalue weighted by molar-refractivity contribution is -0.130. The monoisotopic (exact) mass is 400 g/mol. The second-order valence-electron chi connectivity index (χ2n) is 6.22. The van der Waals surface area contributed by atoms with Crippen LogP contribution in [-0.4, -0.2) is 29.2 Å². The number of aryl methyl sites for hydroxylation is 1. The number of hydrogen-bond acceptors (Lipinski definition) is 3. The Hall–Kier alpha value is -2.47. The number of Topliss-reactive ketones (excluding diaryl/α,β-unsaturated/α-hetero) is 1. The number of urea groups is 1. The number of nitrogens with zero attached hydrogens (tertiary/aromatic N) is 1. The molecule has 0 radical (unpaired) electrons. The molecule has 0 spiro atoms. The molecule has 3 amide bonds. The predicted octanol–water partition coefficient (Wildman–Crippen LogP) is 3.41. The first-order valence-corrected chi connectivity index (χ1v) is 8.61. The minimum absolute atomic E-state index is 0.278. The second-order valence-corrected chi connectivity index (χ2v) is 7.07. The molecule has 1 heterocycles. The van der Waals surface area contributed by atoms with E-state index in [9.17, 15) is 14.4 Å². The first kappa shape index (κ1) is 17.4. The summed E-state index contributed by atoms with van der Waals surface area (Å²) in [5.74, 6) is -0.718. The van der Waals surface area contributed by atoms with Crippen LogP contribution in [0.25, 0.3) is 0 Å². The van der Waals surface area contributed by atoms with Crippen molar-refractivity contribution in [2.24, 2.45) is 0 Å². The fraction of sp³-hybridized carbons (Fsp3) is 0.211. The number of rotatable bonds is 4. The van der Waals surface area contributed by atoms with Gasteiger partial charge in [0.05, 0.1) is 6.54 Å². The third-order valence-electron chi connectivity index (χ3n) is 4.36. The highest BCUT2D eigenvalue weighted by molar-refractivity contribution is 9.10. The highest BCUT2D eigenvalue weighted by Crippen LogP contribution is 2.33. The minimum Gasteiger partial charge on any atom is -0.319 e. The van der Waals surface area contributed by atoms with Gasteiger partial charge < -0.3 is 5.32 Å². The van der Waals surface area contributed by atoms with E-state index in [-0.39, 0.29) is 12.3 Å². The highest BCUT2D eigenvalue weighted by Gasteiger charge is 2.50. The van der Waals surface area contributed by atoms with Gasteiger partial charge in [0.25, 0.3) is 5.91 Å². The van der Waals surface area contributed by atoms with Crippen LogP contribution in [0.1, 0.15) is 28.4 Å². The fourth-order valence-electron chi connectivity index (χ4n) is 2.86. The van der Waals surface area contributed by atoms with Gasteiger partial charge in [0.2, 0.25) is 0 Å². The number of hydrogen-bond donors (Lipinski definition) is 1. The Labute approximate surface area is 154 Å². The van der Waals surface area contributed by atoms with Crippen LogP contribution in [0.15, 0.2) is 53.0 Å². The zero-order valence-electron chi connectivity index (χ0n) is 13.9. The van der Waals surface area contributed by atoms with Crippen molar-refractivity contribution < 1.29 is 14.4 Å². The van der Waals surface area contributed by atoms with Gasteiger partial charge >= 0.3 is 6.03 Å². The molecular formula is C19H17BrN2O3. The molecule has 6 heteroatoms. The zero-order chi connectivity index (χ0) is 18.2. The van der Waals surface area contributed by atoms with Gasteiger partial charge in [-0.2, -0.15) is 0 Å². The van der Waals surface area contributed by atoms with Gasteiger partial charge in [-0.05, 0) is 19.9 Å². The summed E-state index contributed by atoms with van der Waals surface area (Å²) in [7, 11) is 0. The topological polar surface area (TPSA) is 66.5 Å². The molecule has 128 valence electrons. The van der Waals surface area contributed by atoms with Gasteiger partial charge in [0, 0.05) is 15.6 Å². The summed E-state index contributed by atoms with van der Waals surface area (Å²) < 4.78 is 0.720. The quantitative estimate of drug-likeness (QED) is 0.631. The van der Waals surface area contributed by atoms with Crippen LogP contribution < -0.4 is 5.32 Å². The maximum absolute atomic E-state index is 12.9. The van der Waals surface area contributed by atoms with Crippen molar-refractivity contribution in [1.82, 2.24) is 10.2 Å². The first-order valence-electron chi connectivity index (χ1n) is 7.82. The number of ketones is 1. The van der Waals surface area contributed by atoms with Crippen molar-refractivity contribution in [3.05, 3.63) is 69.7 Å². The standard InChI is InChI=1S/C19H17BrN2O3/c1-12-7-9-13(10-8-12)16(23)11-22-17(24)19(2,21-18(22)25)14-5-3-4-6-15(14)20/h3-10H,11H2,1-2H3,(H,21,25)/t19-/m0/s1. The molecule has 25 heavy (non-hydrogen) atoms. The Morgan fingerprint density at radius 2 is 1.76 bits per heavy atom. The molecule has 3 rings (SSSR count). The van der Waals surface area contributed by atoms with Crippen LogP contribution in [0.3, 0.4) is 0 Å². The fourth-order valence-corrected chi connectivity index (χ4v) is 3.55. The molecule has 0 bridgehead atoms. The third kappa shape index (κ3) is 3.09. The molecule has 0 unspecified atom stereocenters. The number of imide groups is 1. The summed E-state index contributed by atoms with van der Waals surface area (Å²) in [5.41, 5.74) is 0.956. The van der Waals surface area contributed by atoms with Gasteiger partial charge in [-0.25, -0.2) is 4.79 Å². The van der Waals surface area contributed by atoms with Gasteiger partial charge in [-0.1, -0.05) is 64.0 Å². The number of carbonyl (C=O) groups excluding carboxylic acids is 3. The lowest BCUT2D eigenvalue weighted by Crippen LogP contribution is -2.41. The smallest absolute Gasteiger partial charge is 0.319 e. The van der Waals surface area contributed by atoms with E-state index in [2.05, 4.69) is 21.2 Å². The summed E-state index contributed by atoms with van der Waals surface area (Å²) in [4.78, 5) is 38.6. The van der Waals surface area contributed by atoms with Crippen LogP contribution in [0.4, 0.5) is 4.79 Å². The Morgan fingerprint density at radius 1 is 1.12 bits per heavy atom. The molecule has 2 aromatic rings. The number of carbonyl (C=O) groups is 3. The summed E-state index contributed by atoms with van der Waals surface area (Å²) in [6.07, 6.45) is 0. The van der Waals surface area contributed by atoms with Crippen molar-refractivity contribution in [1.29, 1.82) is 0 Å². The van der Waals surface area contributed by atoms with Crippen LogP contribution >= 0.6 is 15.9 Å². The molecule has 1 fully saturated rings. The predicted molar refractivity (Wildman–Crippen MR) is 97.2 cm³/mol.